The van der Waals surface area contributed by atoms with Gasteiger partial charge < -0.3 is 0 Å². The summed E-state index contributed by atoms with van der Waals surface area (Å²) in [5, 5.41) is 11.0. The monoisotopic (exact) mass is 326 g/mol. The van der Waals surface area contributed by atoms with E-state index in [9.17, 15) is 18.5 Å². The first-order valence-electron chi connectivity index (χ1n) is 7.49. The lowest BCUT2D eigenvalue weighted by molar-refractivity contribution is -0.385. The van der Waals surface area contributed by atoms with Gasteiger partial charge in [-0.25, -0.2) is 13.1 Å². The molecule has 6 nitrogen and oxygen atoms in total. The van der Waals surface area contributed by atoms with Crippen LogP contribution in [0.1, 0.15) is 38.7 Å². The molecule has 0 bridgehead atoms. The number of nitrogens with zero attached hydrogens (tertiary/aromatic N) is 1. The summed E-state index contributed by atoms with van der Waals surface area (Å²) in [7, 11) is -3.74. The van der Waals surface area contributed by atoms with E-state index in [-0.39, 0.29) is 22.5 Å². The number of benzene rings is 1. The van der Waals surface area contributed by atoms with Crippen LogP contribution in [0.2, 0.25) is 0 Å². The fourth-order valence-corrected chi connectivity index (χ4v) is 4.35. The Morgan fingerprint density at radius 3 is 2.59 bits per heavy atom. The van der Waals surface area contributed by atoms with Crippen LogP contribution in [-0.4, -0.2) is 19.4 Å². The molecular weight excluding hydrogens is 304 g/mol. The van der Waals surface area contributed by atoms with Gasteiger partial charge in [0.2, 0.25) is 10.0 Å². The van der Waals surface area contributed by atoms with Gasteiger partial charge in [-0.05, 0) is 31.2 Å². The van der Waals surface area contributed by atoms with Crippen molar-refractivity contribution < 1.29 is 13.3 Å². The molecule has 3 atom stereocenters. The Balaban J connectivity index is 2.27. The summed E-state index contributed by atoms with van der Waals surface area (Å²) in [4.78, 5) is 10.4. The topological polar surface area (TPSA) is 89.3 Å². The second kappa shape index (κ2) is 6.34. The third kappa shape index (κ3) is 3.47. The maximum absolute atomic E-state index is 12.5. The summed E-state index contributed by atoms with van der Waals surface area (Å²) in [5.41, 5.74) is 0.275. The number of hydrogen-bond acceptors (Lipinski definition) is 4. The minimum atomic E-state index is -3.74. The molecule has 0 saturated heterocycles. The van der Waals surface area contributed by atoms with E-state index < -0.39 is 14.9 Å². The summed E-state index contributed by atoms with van der Waals surface area (Å²) in [6, 6.07) is 3.91. The molecule has 22 heavy (non-hydrogen) atoms. The Bertz CT molecular complexity index is 672. The van der Waals surface area contributed by atoms with E-state index in [4.69, 9.17) is 0 Å². The van der Waals surface area contributed by atoms with Crippen LogP contribution >= 0.6 is 0 Å². The third-order valence-corrected chi connectivity index (χ3v) is 6.19. The molecular formula is C15H22N2O4S. The fourth-order valence-electron chi connectivity index (χ4n) is 2.97. The lowest BCUT2D eigenvalue weighted by Crippen LogP contribution is -2.43. The Morgan fingerprint density at radius 1 is 1.27 bits per heavy atom. The molecule has 1 aromatic carbocycles. The zero-order valence-corrected chi connectivity index (χ0v) is 13.9. The average Bonchev–Trinajstić information content (AvgIpc) is 2.43. The molecule has 1 fully saturated rings. The van der Waals surface area contributed by atoms with Crippen LogP contribution in [0.25, 0.3) is 0 Å². The van der Waals surface area contributed by atoms with Crippen molar-refractivity contribution in [3.8, 4) is 0 Å². The van der Waals surface area contributed by atoms with Gasteiger partial charge in [0, 0.05) is 17.7 Å². The van der Waals surface area contributed by atoms with Crippen molar-refractivity contribution in [1.82, 2.24) is 4.72 Å². The van der Waals surface area contributed by atoms with E-state index in [1.165, 1.54) is 12.1 Å². The molecule has 0 spiro atoms. The Labute approximate surface area is 131 Å². The standard InChI is InChI=1S/C15H22N2O4S/c1-10-5-4-6-14(12(10)3)16-22(20,21)13-8-7-11(2)15(9-13)17(18)19/h7-10,12,14,16H,4-6H2,1-3H3. The molecule has 1 aliphatic carbocycles. The van der Waals surface area contributed by atoms with E-state index >= 15 is 0 Å². The minimum absolute atomic E-state index is 0.0461. The normalized spacial score (nSPS) is 25.9. The van der Waals surface area contributed by atoms with E-state index in [2.05, 4.69) is 18.6 Å². The first-order valence-corrected chi connectivity index (χ1v) is 8.98. The zero-order valence-electron chi connectivity index (χ0n) is 13.1. The predicted octanol–water partition coefficient (Wildman–Crippen LogP) is 3.01. The number of rotatable bonds is 4. The number of nitro benzene ring substituents is 1. The molecule has 1 N–H and O–H groups in total. The third-order valence-electron chi connectivity index (χ3n) is 4.70. The van der Waals surface area contributed by atoms with Crippen molar-refractivity contribution in [2.45, 2.75) is 51.0 Å². The van der Waals surface area contributed by atoms with Crippen LogP contribution in [0.15, 0.2) is 23.1 Å². The van der Waals surface area contributed by atoms with Crippen molar-refractivity contribution in [3.05, 3.63) is 33.9 Å². The minimum Gasteiger partial charge on any atom is -0.258 e. The van der Waals surface area contributed by atoms with Crippen LogP contribution in [-0.2, 0) is 10.0 Å². The van der Waals surface area contributed by atoms with Crippen molar-refractivity contribution in [2.75, 3.05) is 0 Å². The SMILES string of the molecule is Cc1ccc(S(=O)(=O)NC2CCCC(C)C2C)cc1[N+](=O)[O-]. The van der Waals surface area contributed by atoms with E-state index in [0.717, 1.165) is 25.3 Å². The van der Waals surface area contributed by atoms with Gasteiger partial charge in [0.15, 0.2) is 0 Å². The van der Waals surface area contributed by atoms with E-state index in [1.54, 1.807) is 6.92 Å². The van der Waals surface area contributed by atoms with Gasteiger partial charge in [-0.1, -0.05) is 32.8 Å². The van der Waals surface area contributed by atoms with Crippen molar-refractivity contribution in [1.29, 1.82) is 0 Å². The summed E-state index contributed by atoms with van der Waals surface area (Å²) in [6.07, 6.45) is 2.90. The van der Waals surface area contributed by atoms with Crippen LogP contribution in [0, 0.1) is 28.9 Å². The molecule has 0 aromatic heterocycles. The van der Waals surface area contributed by atoms with Crippen molar-refractivity contribution >= 4 is 15.7 Å². The van der Waals surface area contributed by atoms with Gasteiger partial charge in [0.05, 0.1) is 9.82 Å². The number of hydrogen-bond donors (Lipinski definition) is 1. The summed E-state index contributed by atoms with van der Waals surface area (Å²) < 4.78 is 27.7. The van der Waals surface area contributed by atoms with Gasteiger partial charge in [0.1, 0.15) is 0 Å². The largest absolute Gasteiger partial charge is 0.273 e. The van der Waals surface area contributed by atoms with Crippen LogP contribution < -0.4 is 4.72 Å². The van der Waals surface area contributed by atoms with Gasteiger partial charge >= 0.3 is 0 Å². The van der Waals surface area contributed by atoms with E-state index in [1.807, 2.05) is 0 Å². The quantitative estimate of drug-likeness (QED) is 0.680. The Hall–Kier alpha value is -1.47. The Morgan fingerprint density at radius 2 is 1.95 bits per heavy atom. The average molecular weight is 326 g/mol. The molecule has 3 unspecified atom stereocenters. The molecule has 1 aromatic rings. The van der Waals surface area contributed by atoms with Crippen molar-refractivity contribution in [2.24, 2.45) is 11.8 Å². The molecule has 0 aliphatic heterocycles. The van der Waals surface area contributed by atoms with E-state index in [0.29, 0.717) is 11.5 Å². The number of sulfonamides is 1. The number of nitrogens with one attached hydrogen (secondary N) is 1. The predicted molar refractivity (Wildman–Crippen MR) is 84.1 cm³/mol. The smallest absolute Gasteiger partial charge is 0.258 e. The second-order valence-electron chi connectivity index (χ2n) is 6.20. The molecule has 122 valence electrons. The Kier molecular flexibility index (Phi) is 4.87. The number of aryl methyl sites for hydroxylation is 1. The molecule has 7 heteroatoms. The summed E-state index contributed by atoms with van der Waals surface area (Å²) in [5.74, 6) is 0.720. The highest BCUT2D eigenvalue weighted by atomic mass is 32.2. The van der Waals surface area contributed by atoms with Gasteiger partial charge in [0.25, 0.3) is 5.69 Å². The van der Waals surface area contributed by atoms with Crippen molar-refractivity contribution in [3.63, 3.8) is 0 Å². The molecule has 0 amide bonds. The van der Waals surface area contributed by atoms with Gasteiger partial charge in [-0.3, -0.25) is 10.1 Å². The lowest BCUT2D eigenvalue weighted by Gasteiger charge is -2.34. The van der Waals surface area contributed by atoms with Crippen LogP contribution in [0.4, 0.5) is 5.69 Å². The summed E-state index contributed by atoms with van der Waals surface area (Å²) in [6.45, 7) is 5.77. The molecule has 0 heterocycles. The zero-order chi connectivity index (χ0) is 16.5. The maximum Gasteiger partial charge on any atom is 0.273 e. The van der Waals surface area contributed by atoms with Gasteiger partial charge in [-0.2, -0.15) is 0 Å². The highest BCUT2D eigenvalue weighted by molar-refractivity contribution is 7.89. The summed E-state index contributed by atoms with van der Waals surface area (Å²) >= 11 is 0. The first-order chi connectivity index (χ1) is 10.2. The molecule has 2 rings (SSSR count). The molecule has 1 aliphatic rings. The van der Waals surface area contributed by atoms with Gasteiger partial charge in [-0.15, -0.1) is 0 Å². The number of nitro groups is 1. The fraction of sp³-hybridized carbons (Fsp3) is 0.600. The van der Waals surface area contributed by atoms with Crippen LogP contribution in [0.5, 0.6) is 0 Å². The molecule has 1 saturated carbocycles. The second-order valence-corrected chi connectivity index (χ2v) is 7.91. The highest BCUT2D eigenvalue weighted by Gasteiger charge is 2.31. The molecule has 0 radical (unpaired) electrons. The first kappa shape index (κ1) is 16.9. The maximum atomic E-state index is 12.5. The highest BCUT2D eigenvalue weighted by Crippen LogP contribution is 2.31. The van der Waals surface area contributed by atoms with Crippen LogP contribution in [0.3, 0.4) is 0 Å². The lowest BCUT2D eigenvalue weighted by atomic mass is 9.78.